The lowest BCUT2D eigenvalue weighted by atomic mass is 10.1. The quantitative estimate of drug-likeness (QED) is 0.526. The predicted molar refractivity (Wildman–Crippen MR) is 113 cm³/mol. The lowest BCUT2D eigenvalue weighted by Crippen LogP contribution is -2.37. The van der Waals surface area contributed by atoms with Crippen LogP contribution in [0.25, 0.3) is 0 Å². The van der Waals surface area contributed by atoms with Gasteiger partial charge in [0.05, 0.1) is 0 Å². The highest BCUT2D eigenvalue weighted by atomic mass is 35.5. The zero-order valence-corrected chi connectivity index (χ0v) is 16.2. The van der Waals surface area contributed by atoms with Gasteiger partial charge in [-0.1, -0.05) is 29.8 Å². The normalized spacial score (nSPS) is 11.5. The number of benzene rings is 3. The molecule has 0 saturated heterocycles. The number of primary amides is 2. The van der Waals surface area contributed by atoms with Crippen molar-refractivity contribution in [2.45, 2.75) is 12.5 Å². The fourth-order valence-electron chi connectivity index (χ4n) is 2.75. The first kappa shape index (κ1) is 20.2. The number of nitrogens with one attached hydrogen (secondary N) is 1. The van der Waals surface area contributed by atoms with Crippen LogP contribution in [0.5, 0.6) is 11.5 Å². The van der Waals surface area contributed by atoms with Gasteiger partial charge in [0, 0.05) is 22.7 Å². The fourth-order valence-corrected chi connectivity index (χ4v) is 2.87. The summed E-state index contributed by atoms with van der Waals surface area (Å²) in [5.41, 5.74) is 12.9. The molecule has 0 aliphatic carbocycles. The van der Waals surface area contributed by atoms with Crippen LogP contribution in [0.1, 0.15) is 15.9 Å². The van der Waals surface area contributed by atoms with Crippen molar-refractivity contribution in [1.29, 1.82) is 0 Å². The molecule has 2 amide bonds. The van der Waals surface area contributed by atoms with Gasteiger partial charge in [-0.05, 0) is 60.2 Å². The number of rotatable bonds is 8. The minimum absolute atomic E-state index is 0.368. The molecule has 1 unspecified atom stereocenters. The van der Waals surface area contributed by atoms with Gasteiger partial charge >= 0.3 is 0 Å². The van der Waals surface area contributed by atoms with E-state index in [1.807, 2.05) is 12.1 Å². The van der Waals surface area contributed by atoms with Crippen molar-refractivity contribution in [3.05, 3.63) is 88.9 Å². The summed E-state index contributed by atoms with van der Waals surface area (Å²) in [4.78, 5) is 23.1. The SMILES string of the molecule is NC(=O)c1cccc(Oc2ccc(NC(Cc3ccc(Cl)cc3)C(N)=O)cc2)c1. The molecule has 0 bridgehead atoms. The van der Waals surface area contributed by atoms with E-state index in [2.05, 4.69) is 5.32 Å². The van der Waals surface area contributed by atoms with Crippen LogP contribution < -0.4 is 21.5 Å². The molecule has 148 valence electrons. The number of hydrogen-bond donors (Lipinski definition) is 3. The molecule has 0 heterocycles. The molecule has 6 nitrogen and oxygen atoms in total. The number of nitrogens with two attached hydrogens (primary N) is 2. The Balaban J connectivity index is 1.66. The number of carbonyl (C=O) groups excluding carboxylic acids is 2. The average molecular weight is 410 g/mol. The molecule has 5 N–H and O–H groups in total. The Labute approximate surface area is 173 Å². The summed E-state index contributed by atoms with van der Waals surface area (Å²) in [6.45, 7) is 0. The molecule has 0 fully saturated rings. The first-order chi connectivity index (χ1) is 13.9. The van der Waals surface area contributed by atoms with Crippen molar-refractivity contribution in [3.63, 3.8) is 0 Å². The van der Waals surface area contributed by atoms with Gasteiger partial charge < -0.3 is 21.5 Å². The molecule has 0 aliphatic heterocycles. The molecule has 3 aromatic carbocycles. The largest absolute Gasteiger partial charge is 0.457 e. The number of ether oxygens (including phenoxy) is 1. The van der Waals surface area contributed by atoms with E-state index in [4.69, 9.17) is 27.8 Å². The lowest BCUT2D eigenvalue weighted by Gasteiger charge is -2.17. The van der Waals surface area contributed by atoms with Crippen LogP contribution in [0.15, 0.2) is 72.8 Å². The molecule has 0 saturated carbocycles. The van der Waals surface area contributed by atoms with Crippen LogP contribution in [0.4, 0.5) is 5.69 Å². The standard InChI is InChI=1S/C22H20ClN3O3/c23-16-6-4-14(5-7-16)12-20(22(25)28)26-17-8-10-18(11-9-17)29-19-3-1-2-15(13-19)21(24)27/h1-11,13,20,26H,12H2,(H2,24,27)(H2,25,28). The molecule has 1 atom stereocenters. The summed E-state index contributed by atoms with van der Waals surface area (Å²) in [6.07, 6.45) is 0.435. The monoisotopic (exact) mass is 409 g/mol. The molecule has 0 radical (unpaired) electrons. The first-order valence-electron chi connectivity index (χ1n) is 8.89. The molecule has 0 aliphatic rings. The second kappa shape index (κ2) is 9.12. The number of amides is 2. The van der Waals surface area contributed by atoms with Crippen LogP contribution in [0.3, 0.4) is 0 Å². The summed E-state index contributed by atoms with van der Waals surface area (Å²) in [5, 5.41) is 3.77. The van der Waals surface area contributed by atoms with Gasteiger partial charge in [-0.3, -0.25) is 9.59 Å². The summed E-state index contributed by atoms with van der Waals surface area (Å²) in [5.74, 6) is 0.0991. The van der Waals surface area contributed by atoms with Gasteiger partial charge in [0.25, 0.3) is 0 Å². The Morgan fingerprint density at radius 1 is 0.931 bits per heavy atom. The predicted octanol–water partition coefficient (Wildman–Crippen LogP) is 3.74. The Morgan fingerprint density at radius 2 is 1.62 bits per heavy atom. The Morgan fingerprint density at radius 3 is 2.24 bits per heavy atom. The minimum atomic E-state index is -0.574. The average Bonchev–Trinajstić information content (AvgIpc) is 2.70. The van der Waals surface area contributed by atoms with Crippen molar-refractivity contribution in [3.8, 4) is 11.5 Å². The van der Waals surface area contributed by atoms with Crippen molar-refractivity contribution >= 4 is 29.1 Å². The zero-order valence-electron chi connectivity index (χ0n) is 15.5. The van der Waals surface area contributed by atoms with Gasteiger partial charge in [-0.25, -0.2) is 0 Å². The van der Waals surface area contributed by atoms with Gasteiger partial charge in [-0.15, -0.1) is 0 Å². The van der Waals surface area contributed by atoms with Gasteiger partial charge in [0.1, 0.15) is 17.5 Å². The van der Waals surface area contributed by atoms with Crippen LogP contribution >= 0.6 is 11.6 Å². The van der Waals surface area contributed by atoms with E-state index >= 15 is 0 Å². The summed E-state index contributed by atoms with van der Waals surface area (Å²) in [6, 6.07) is 20.4. The molecule has 29 heavy (non-hydrogen) atoms. The first-order valence-corrected chi connectivity index (χ1v) is 9.26. The summed E-state index contributed by atoms with van der Waals surface area (Å²) in [7, 11) is 0. The van der Waals surface area contributed by atoms with Crippen molar-refractivity contribution in [2.24, 2.45) is 11.5 Å². The molecule has 0 aromatic heterocycles. The van der Waals surface area contributed by atoms with Crippen LogP contribution in [0.2, 0.25) is 5.02 Å². The van der Waals surface area contributed by atoms with Crippen molar-refractivity contribution in [2.75, 3.05) is 5.32 Å². The highest BCUT2D eigenvalue weighted by molar-refractivity contribution is 6.30. The van der Waals surface area contributed by atoms with E-state index in [1.54, 1.807) is 60.7 Å². The molecule has 3 aromatic rings. The molecule has 3 rings (SSSR count). The zero-order chi connectivity index (χ0) is 20.8. The van der Waals surface area contributed by atoms with Crippen LogP contribution in [-0.4, -0.2) is 17.9 Å². The van der Waals surface area contributed by atoms with E-state index < -0.39 is 17.9 Å². The topological polar surface area (TPSA) is 107 Å². The van der Waals surface area contributed by atoms with E-state index in [0.29, 0.717) is 28.5 Å². The molecule has 0 spiro atoms. The van der Waals surface area contributed by atoms with E-state index in [-0.39, 0.29) is 0 Å². The third-order valence-corrected chi connectivity index (χ3v) is 4.50. The maximum absolute atomic E-state index is 11.8. The minimum Gasteiger partial charge on any atom is -0.457 e. The van der Waals surface area contributed by atoms with E-state index in [1.165, 1.54) is 0 Å². The Bertz CT molecular complexity index is 1000. The van der Waals surface area contributed by atoms with E-state index in [9.17, 15) is 9.59 Å². The number of carbonyl (C=O) groups is 2. The maximum Gasteiger partial charge on any atom is 0.248 e. The Kier molecular flexibility index (Phi) is 6.36. The molecular formula is C22H20ClN3O3. The van der Waals surface area contributed by atoms with Crippen LogP contribution in [-0.2, 0) is 11.2 Å². The third-order valence-electron chi connectivity index (χ3n) is 4.25. The lowest BCUT2D eigenvalue weighted by molar-refractivity contribution is -0.118. The highest BCUT2D eigenvalue weighted by Crippen LogP contribution is 2.24. The maximum atomic E-state index is 11.8. The van der Waals surface area contributed by atoms with Crippen molar-refractivity contribution < 1.29 is 14.3 Å². The highest BCUT2D eigenvalue weighted by Gasteiger charge is 2.16. The second-order valence-electron chi connectivity index (χ2n) is 6.45. The summed E-state index contributed by atoms with van der Waals surface area (Å²) < 4.78 is 5.74. The van der Waals surface area contributed by atoms with Crippen molar-refractivity contribution in [1.82, 2.24) is 0 Å². The Hall–Kier alpha value is -3.51. The van der Waals surface area contributed by atoms with E-state index in [0.717, 1.165) is 11.3 Å². The van der Waals surface area contributed by atoms with Gasteiger partial charge in [0.2, 0.25) is 11.8 Å². The molecule has 7 heteroatoms. The second-order valence-corrected chi connectivity index (χ2v) is 6.88. The van der Waals surface area contributed by atoms with Crippen LogP contribution in [0, 0.1) is 0 Å². The molecular weight excluding hydrogens is 390 g/mol. The number of hydrogen-bond acceptors (Lipinski definition) is 4. The number of halogens is 1. The van der Waals surface area contributed by atoms with Gasteiger partial charge in [0.15, 0.2) is 0 Å². The third kappa shape index (κ3) is 5.73. The number of anilines is 1. The summed E-state index contributed by atoms with van der Waals surface area (Å²) >= 11 is 5.90. The fraction of sp³-hybridized carbons (Fsp3) is 0.0909. The smallest absolute Gasteiger partial charge is 0.248 e. The van der Waals surface area contributed by atoms with Gasteiger partial charge in [-0.2, -0.15) is 0 Å².